The van der Waals surface area contributed by atoms with Crippen LogP contribution in [0.2, 0.25) is 0 Å². The summed E-state index contributed by atoms with van der Waals surface area (Å²) in [7, 11) is 0. The van der Waals surface area contributed by atoms with Crippen LogP contribution in [0.1, 0.15) is 13.3 Å². The van der Waals surface area contributed by atoms with Crippen LogP contribution in [-0.2, 0) is 0 Å². The summed E-state index contributed by atoms with van der Waals surface area (Å²) in [6.45, 7) is 1.86. The van der Waals surface area contributed by atoms with Crippen molar-refractivity contribution in [1.29, 1.82) is 5.41 Å². The van der Waals surface area contributed by atoms with Crippen LogP contribution in [0.4, 0.5) is 0 Å². The number of nitrogens with zero attached hydrogens (tertiary/aromatic N) is 3. The molecule has 14 heavy (non-hydrogen) atoms. The minimum Gasteiger partial charge on any atom is -0.369 e. The first-order chi connectivity index (χ1) is 6.56. The van der Waals surface area contributed by atoms with Crippen molar-refractivity contribution in [3.63, 3.8) is 0 Å². The third-order valence-corrected chi connectivity index (χ3v) is 1.05. The van der Waals surface area contributed by atoms with Crippen LogP contribution in [0.3, 0.4) is 0 Å². The summed E-state index contributed by atoms with van der Waals surface area (Å²) in [6.07, 6.45) is 1.99. The number of nitrogens with one attached hydrogen (secondary N) is 2. The zero-order chi connectivity index (χ0) is 11.0. The molecule has 0 atom stereocenters. The van der Waals surface area contributed by atoms with E-state index in [4.69, 9.17) is 22.6 Å². The molecule has 78 valence electrons. The van der Waals surface area contributed by atoms with Gasteiger partial charge in [0.2, 0.25) is 11.9 Å². The summed E-state index contributed by atoms with van der Waals surface area (Å²) in [4.78, 5) is 0. The van der Waals surface area contributed by atoms with Crippen molar-refractivity contribution in [1.82, 2.24) is 5.43 Å². The van der Waals surface area contributed by atoms with E-state index >= 15 is 0 Å². The fourth-order valence-electron chi connectivity index (χ4n) is 0.486. The van der Waals surface area contributed by atoms with Gasteiger partial charge in [-0.25, -0.2) is 5.43 Å². The SMILES string of the molecule is CCC(/C=N/NC(=N)N)=N\N=C(N)N. The number of guanidine groups is 2. The molecular weight excluding hydrogens is 184 g/mol. The summed E-state index contributed by atoms with van der Waals surface area (Å²) in [6, 6.07) is 0. The van der Waals surface area contributed by atoms with E-state index in [2.05, 4.69) is 20.7 Å². The monoisotopic (exact) mass is 198 g/mol. The van der Waals surface area contributed by atoms with Crippen molar-refractivity contribution >= 4 is 23.8 Å². The largest absolute Gasteiger partial charge is 0.369 e. The van der Waals surface area contributed by atoms with Crippen molar-refractivity contribution in [2.45, 2.75) is 13.3 Å². The third kappa shape index (κ3) is 6.58. The van der Waals surface area contributed by atoms with E-state index < -0.39 is 0 Å². The van der Waals surface area contributed by atoms with Gasteiger partial charge in [0.25, 0.3) is 0 Å². The Morgan fingerprint density at radius 2 is 2.00 bits per heavy atom. The van der Waals surface area contributed by atoms with Crippen molar-refractivity contribution in [3.05, 3.63) is 0 Å². The minimum atomic E-state index is -0.251. The summed E-state index contributed by atoms with van der Waals surface area (Å²) in [5.41, 5.74) is 17.9. The first-order valence-corrected chi connectivity index (χ1v) is 3.84. The van der Waals surface area contributed by atoms with E-state index in [1.165, 1.54) is 6.21 Å². The predicted molar refractivity (Wildman–Crippen MR) is 57.1 cm³/mol. The lowest BCUT2D eigenvalue weighted by atomic mass is 10.3. The smallest absolute Gasteiger partial charge is 0.211 e. The van der Waals surface area contributed by atoms with Gasteiger partial charge in [-0.15, -0.1) is 5.10 Å². The highest BCUT2D eigenvalue weighted by Gasteiger charge is 1.90. The Balaban J connectivity index is 4.28. The van der Waals surface area contributed by atoms with Crippen molar-refractivity contribution in [3.8, 4) is 0 Å². The number of hydrazone groups is 1. The number of nitrogens with two attached hydrogens (primary N) is 3. The van der Waals surface area contributed by atoms with Gasteiger partial charge in [-0.05, 0) is 6.42 Å². The van der Waals surface area contributed by atoms with Crippen LogP contribution >= 0.6 is 0 Å². The molecule has 0 aliphatic rings. The quantitative estimate of drug-likeness (QED) is 0.212. The Bertz CT molecular complexity index is 272. The second-order valence-corrected chi connectivity index (χ2v) is 2.25. The predicted octanol–water partition coefficient (Wildman–Crippen LogP) is -1.51. The van der Waals surface area contributed by atoms with Crippen LogP contribution in [-0.4, -0.2) is 23.8 Å². The average Bonchev–Trinajstić information content (AvgIpc) is 2.10. The second kappa shape index (κ2) is 6.40. The molecule has 0 aromatic heterocycles. The van der Waals surface area contributed by atoms with Gasteiger partial charge in [0.15, 0.2) is 0 Å². The molecule has 0 aromatic carbocycles. The Morgan fingerprint density at radius 1 is 1.36 bits per heavy atom. The molecule has 0 unspecified atom stereocenters. The summed E-state index contributed by atoms with van der Waals surface area (Å²) in [5, 5.41) is 17.6. The highest BCUT2D eigenvalue weighted by Crippen LogP contribution is 1.83. The topological polar surface area (TPSA) is 151 Å². The third-order valence-electron chi connectivity index (χ3n) is 1.05. The molecule has 8 N–H and O–H groups in total. The van der Waals surface area contributed by atoms with Crippen LogP contribution in [0.25, 0.3) is 0 Å². The lowest BCUT2D eigenvalue weighted by Crippen LogP contribution is -2.26. The van der Waals surface area contributed by atoms with Crippen LogP contribution < -0.4 is 22.6 Å². The lowest BCUT2D eigenvalue weighted by Gasteiger charge is -1.94. The zero-order valence-corrected chi connectivity index (χ0v) is 7.86. The van der Waals surface area contributed by atoms with Gasteiger partial charge < -0.3 is 17.2 Å². The molecule has 0 saturated heterocycles. The normalized spacial score (nSPS) is 11.4. The molecule has 0 bridgehead atoms. The van der Waals surface area contributed by atoms with Crippen molar-refractivity contribution in [2.75, 3.05) is 0 Å². The van der Waals surface area contributed by atoms with Crippen LogP contribution in [0.5, 0.6) is 0 Å². The van der Waals surface area contributed by atoms with Gasteiger partial charge in [-0.1, -0.05) is 6.92 Å². The average molecular weight is 198 g/mol. The molecule has 0 heterocycles. The molecule has 0 saturated carbocycles. The van der Waals surface area contributed by atoms with E-state index in [1.807, 2.05) is 6.92 Å². The van der Waals surface area contributed by atoms with Crippen molar-refractivity contribution in [2.24, 2.45) is 32.5 Å². The Kier molecular flexibility index (Phi) is 5.43. The Labute approximate surface area is 81.4 Å². The molecule has 8 heteroatoms. The molecular formula is C6H14N8. The van der Waals surface area contributed by atoms with E-state index in [0.29, 0.717) is 12.1 Å². The molecule has 0 aliphatic carbocycles. The van der Waals surface area contributed by atoms with E-state index in [1.54, 1.807) is 0 Å². The van der Waals surface area contributed by atoms with E-state index in [0.717, 1.165) is 0 Å². The van der Waals surface area contributed by atoms with Gasteiger partial charge >= 0.3 is 0 Å². The fraction of sp³-hybridized carbons (Fsp3) is 0.333. The Hall–Kier alpha value is -2.12. The minimum absolute atomic E-state index is 0.121. The maximum atomic E-state index is 6.81. The highest BCUT2D eigenvalue weighted by molar-refractivity contribution is 6.30. The second-order valence-electron chi connectivity index (χ2n) is 2.25. The van der Waals surface area contributed by atoms with Gasteiger partial charge in [0, 0.05) is 0 Å². The number of hydrogen-bond acceptors (Lipinski definition) is 4. The summed E-state index contributed by atoms with van der Waals surface area (Å²) >= 11 is 0. The summed E-state index contributed by atoms with van der Waals surface area (Å²) in [5.74, 6) is -0.373. The van der Waals surface area contributed by atoms with Crippen LogP contribution in [0.15, 0.2) is 15.3 Å². The molecule has 0 aromatic rings. The fourth-order valence-corrected chi connectivity index (χ4v) is 0.486. The van der Waals surface area contributed by atoms with E-state index in [-0.39, 0.29) is 11.9 Å². The number of hydrogen-bond donors (Lipinski definition) is 5. The highest BCUT2D eigenvalue weighted by atomic mass is 15.3. The molecule has 0 amide bonds. The molecule has 8 nitrogen and oxygen atoms in total. The standard InChI is InChI=1S/C6H14N8/c1-2-4(12-14-6(9)10)3-11-13-5(7)8/h3H,2H2,1H3,(H4,7,8,13)(H4,9,10,14)/b11-3+,12-4+. The molecule has 0 fully saturated rings. The maximum Gasteiger partial charge on any atom is 0.211 e. The van der Waals surface area contributed by atoms with Gasteiger partial charge in [0.05, 0.1) is 11.9 Å². The van der Waals surface area contributed by atoms with Crippen LogP contribution in [0, 0.1) is 5.41 Å². The van der Waals surface area contributed by atoms with Gasteiger partial charge in [-0.2, -0.15) is 10.2 Å². The maximum absolute atomic E-state index is 6.81. The first kappa shape index (κ1) is 11.9. The van der Waals surface area contributed by atoms with Gasteiger partial charge in [0.1, 0.15) is 0 Å². The zero-order valence-electron chi connectivity index (χ0n) is 7.86. The lowest BCUT2D eigenvalue weighted by molar-refractivity contribution is 1.00. The van der Waals surface area contributed by atoms with E-state index in [9.17, 15) is 0 Å². The van der Waals surface area contributed by atoms with Crippen molar-refractivity contribution < 1.29 is 0 Å². The Morgan fingerprint density at radius 3 is 2.43 bits per heavy atom. The molecule has 0 radical (unpaired) electrons. The van der Waals surface area contributed by atoms with Gasteiger partial charge in [-0.3, -0.25) is 5.41 Å². The summed E-state index contributed by atoms with van der Waals surface area (Å²) < 4.78 is 0. The first-order valence-electron chi connectivity index (χ1n) is 3.84. The number of rotatable bonds is 4. The molecule has 0 rings (SSSR count). The molecule has 0 spiro atoms. The molecule has 0 aliphatic heterocycles.